The second-order valence-corrected chi connectivity index (χ2v) is 22.7. The first-order valence-electron chi connectivity index (χ1n) is 27.0. The summed E-state index contributed by atoms with van der Waals surface area (Å²) in [6, 6.07) is -1.21. The van der Waals surface area contributed by atoms with Gasteiger partial charge in [0.25, 0.3) is 16.9 Å². The number of hydrogen-bond donors (Lipinski definition) is 5. The molecule has 4 aliphatic rings. The van der Waals surface area contributed by atoms with E-state index < -0.39 is 120 Å². The summed E-state index contributed by atoms with van der Waals surface area (Å²) in [5.74, 6) is -10.0. The summed E-state index contributed by atoms with van der Waals surface area (Å²) in [6.45, 7) is 11.7. The zero-order valence-electron chi connectivity index (χ0n) is 46.6. The monoisotopic (exact) mass is 1120 g/mol. The van der Waals surface area contributed by atoms with Crippen LogP contribution in [-0.2, 0) is 62.0 Å². The number of aliphatic hydroxyl groups is 2. The molecular formula is C56H85N3O16S2. The summed E-state index contributed by atoms with van der Waals surface area (Å²) >= 11 is 3.77. The predicted molar refractivity (Wildman–Crippen MR) is 292 cm³/mol. The zero-order chi connectivity index (χ0) is 57.1. The van der Waals surface area contributed by atoms with E-state index in [0.717, 1.165) is 10.5 Å². The van der Waals surface area contributed by atoms with Gasteiger partial charge < -0.3 is 54.2 Å². The van der Waals surface area contributed by atoms with Crippen LogP contribution in [0.25, 0.3) is 0 Å². The van der Waals surface area contributed by atoms with Crippen molar-refractivity contribution in [3.63, 3.8) is 0 Å². The van der Waals surface area contributed by atoms with Gasteiger partial charge in [-0.2, -0.15) is 0 Å². The highest BCUT2D eigenvalue weighted by atomic mass is 33.1. The molecule has 0 spiro atoms. The number of cyclic esters (lactones) is 1. The molecule has 1 saturated carbocycles. The zero-order valence-corrected chi connectivity index (χ0v) is 48.3. The number of ether oxygens (including phenoxy) is 6. The minimum Gasteiger partial charge on any atom is -0.460 e. The predicted octanol–water partition coefficient (Wildman–Crippen LogP) is 6.14. The highest BCUT2D eigenvalue weighted by molar-refractivity contribution is 8.74. The Morgan fingerprint density at radius 2 is 1.60 bits per heavy atom. The largest absolute Gasteiger partial charge is 0.460 e. The maximum Gasteiger partial charge on any atom is 0.329 e. The van der Waals surface area contributed by atoms with Crippen molar-refractivity contribution < 1.29 is 77.0 Å². The molecule has 3 heterocycles. The molecule has 3 fully saturated rings. The molecule has 0 aromatic heterocycles. The number of allylic oxidation sites excluding steroid dienone is 6. The Kier molecular flexibility index (Phi) is 26.7. The number of amides is 3. The molecule has 1 aliphatic carbocycles. The van der Waals surface area contributed by atoms with E-state index in [9.17, 15) is 48.6 Å². The summed E-state index contributed by atoms with van der Waals surface area (Å²) in [5.41, 5.74) is 1.20. The van der Waals surface area contributed by atoms with Crippen LogP contribution in [-0.4, -0.2) is 157 Å². The maximum atomic E-state index is 14.6. The Labute approximate surface area is 463 Å². The van der Waals surface area contributed by atoms with Crippen molar-refractivity contribution in [1.29, 1.82) is 0 Å². The fraction of sp³-hybridized carbons (Fsp3) is 0.714. The van der Waals surface area contributed by atoms with Crippen molar-refractivity contribution in [2.24, 2.45) is 35.5 Å². The third kappa shape index (κ3) is 19.0. The number of thiol groups is 1. The lowest BCUT2D eigenvalue weighted by molar-refractivity contribution is -0.265. The summed E-state index contributed by atoms with van der Waals surface area (Å²) in [7, 11) is 5.02. The second kappa shape index (κ2) is 31.5. The molecule has 19 nitrogen and oxygen atoms in total. The first-order valence-corrected chi connectivity index (χ1v) is 28.9. The van der Waals surface area contributed by atoms with Crippen molar-refractivity contribution in [2.45, 2.75) is 180 Å². The molecule has 3 aliphatic heterocycles. The lowest BCUT2D eigenvalue weighted by atomic mass is 9.78. The number of Topliss-reactive ketones (excluding diaryl/α,β-unsaturated/α-hetero) is 3. The van der Waals surface area contributed by atoms with E-state index in [2.05, 4.69) is 22.3 Å². The standard InChI is InChI=1S/C56H85N3O16S2/c1-32-16-12-11-13-17-33(2)44(70-8)28-40-21-19-38(7)56(69,75-40)52(65)53(66)59-23-15-14-18-41(59)54(67)74-45(29-42(60)34(3)25-37(6)50(64)51(72-10)49(63)36(5)24-32)35(4)26-39-20-22-43(46(27-39)71-9)73-48(62)31-57-47(61)30-58-55(68)77-76/h11-13,16-17,25,32,34-36,38-41,43-46,50-51,64,69,76H,14-15,18-24,26-31H2,1-10H3,(H,57,61)(H,58,68)/b13-11?,16-12+,33-17?,37-25+/t32-,34-,35-,36-,38-,39+,40+,41+,43-,44+,45+,46-,50-,51+,56-/m1/s1. The number of ketones is 3. The highest BCUT2D eigenvalue weighted by Crippen LogP contribution is 2.38. The molecular weight excluding hydrogens is 1030 g/mol. The second-order valence-electron chi connectivity index (χ2n) is 21.6. The number of carbonyl (C=O) groups excluding carboxylic acids is 8. The first kappa shape index (κ1) is 65.3. The number of aliphatic hydroxyl groups excluding tert-OH is 1. The van der Waals surface area contributed by atoms with E-state index in [0.29, 0.717) is 74.2 Å². The molecule has 21 heteroatoms. The van der Waals surface area contributed by atoms with Crippen molar-refractivity contribution >= 4 is 68.8 Å². The number of fused-ring (bicyclic) bond motifs is 3. The number of hydrogen-bond acceptors (Lipinski definition) is 18. The van der Waals surface area contributed by atoms with E-state index >= 15 is 0 Å². The van der Waals surface area contributed by atoms with Crippen molar-refractivity contribution in [3.05, 3.63) is 47.6 Å². The average Bonchev–Trinajstić information content (AvgIpc) is 3.41. The number of nitrogens with zero attached hydrogens (tertiary/aromatic N) is 1. The third-order valence-corrected chi connectivity index (χ3v) is 16.4. The van der Waals surface area contributed by atoms with Gasteiger partial charge in [0, 0.05) is 69.3 Å². The van der Waals surface area contributed by atoms with Gasteiger partial charge in [0.1, 0.15) is 42.8 Å². The van der Waals surface area contributed by atoms with Gasteiger partial charge in [-0.15, -0.1) is 11.7 Å². The molecule has 2 bridgehead atoms. The van der Waals surface area contributed by atoms with Crippen LogP contribution < -0.4 is 10.6 Å². The lowest BCUT2D eigenvalue weighted by Crippen LogP contribution is -2.61. The number of nitrogens with one attached hydrogen (secondary N) is 2. The number of methoxy groups -OCH3 is 3. The van der Waals surface area contributed by atoms with Gasteiger partial charge in [0.15, 0.2) is 5.78 Å². The number of piperidine rings is 1. The minimum atomic E-state index is -2.48. The highest BCUT2D eigenvalue weighted by Gasteiger charge is 2.53. The van der Waals surface area contributed by atoms with E-state index in [4.69, 9.17) is 28.4 Å². The smallest absolute Gasteiger partial charge is 0.329 e. The van der Waals surface area contributed by atoms with Crippen LogP contribution in [0, 0.1) is 35.5 Å². The Balaban J connectivity index is 1.64. The van der Waals surface area contributed by atoms with Gasteiger partial charge >= 0.3 is 11.9 Å². The van der Waals surface area contributed by atoms with Crippen LogP contribution >= 0.6 is 22.5 Å². The van der Waals surface area contributed by atoms with Crippen LogP contribution in [0.4, 0.5) is 4.79 Å². The van der Waals surface area contributed by atoms with Gasteiger partial charge in [-0.05, 0) is 107 Å². The van der Waals surface area contributed by atoms with Gasteiger partial charge in [-0.3, -0.25) is 33.6 Å². The molecule has 4 rings (SSSR count). The van der Waals surface area contributed by atoms with Crippen molar-refractivity contribution in [3.8, 4) is 0 Å². The van der Waals surface area contributed by atoms with Gasteiger partial charge in [-0.1, -0.05) is 71.1 Å². The van der Waals surface area contributed by atoms with Crippen molar-refractivity contribution in [2.75, 3.05) is 41.0 Å². The molecule has 15 atom stereocenters. The summed E-state index contributed by atoms with van der Waals surface area (Å²) in [6.07, 6.45) is 9.59. The molecule has 432 valence electrons. The minimum absolute atomic E-state index is 0.0142. The first-order chi connectivity index (χ1) is 36.5. The quantitative estimate of drug-likeness (QED) is 0.0512. The van der Waals surface area contributed by atoms with E-state index in [1.807, 2.05) is 51.2 Å². The number of carbonyl (C=O) groups is 8. The molecule has 0 aromatic rings. The van der Waals surface area contributed by atoms with Crippen LogP contribution in [0.3, 0.4) is 0 Å². The number of esters is 2. The fourth-order valence-electron chi connectivity index (χ4n) is 10.9. The van der Waals surface area contributed by atoms with E-state index in [1.54, 1.807) is 40.9 Å². The molecule has 77 heavy (non-hydrogen) atoms. The molecule has 2 saturated heterocycles. The molecule has 0 aromatic carbocycles. The Morgan fingerprint density at radius 1 is 0.870 bits per heavy atom. The lowest BCUT2D eigenvalue weighted by Gasteiger charge is -2.42. The summed E-state index contributed by atoms with van der Waals surface area (Å²) < 4.78 is 35.4. The third-order valence-electron chi connectivity index (χ3n) is 15.6. The van der Waals surface area contributed by atoms with Crippen molar-refractivity contribution in [1.82, 2.24) is 15.5 Å². The normalized spacial score (nSPS) is 34.6. The van der Waals surface area contributed by atoms with E-state index in [1.165, 1.54) is 14.2 Å². The van der Waals surface area contributed by atoms with E-state index in [-0.39, 0.29) is 55.8 Å². The summed E-state index contributed by atoms with van der Waals surface area (Å²) in [4.78, 5) is 109. The van der Waals surface area contributed by atoms with Crippen LogP contribution in [0.15, 0.2) is 47.6 Å². The maximum absolute atomic E-state index is 14.6. The Bertz CT molecular complexity index is 2190. The molecule has 0 unspecified atom stereocenters. The Hall–Kier alpha value is -4.22. The van der Waals surface area contributed by atoms with Gasteiger partial charge in [0.2, 0.25) is 11.7 Å². The summed E-state index contributed by atoms with van der Waals surface area (Å²) in [5, 5.41) is 27.8. The fourth-order valence-corrected chi connectivity index (χ4v) is 11.2. The Morgan fingerprint density at radius 3 is 2.27 bits per heavy atom. The molecule has 4 N–H and O–H groups in total. The van der Waals surface area contributed by atoms with Crippen LogP contribution in [0.1, 0.15) is 126 Å². The van der Waals surface area contributed by atoms with Gasteiger partial charge in [0.05, 0.1) is 24.9 Å². The molecule has 0 radical (unpaired) electrons. The van der Waals surface area contributed by atoms with Crippen LogP contribution in [0.2, 0.25) is 0 Å². The topological polar surface area (TPSA) is 260 Å². The number of rotatable bonds is 11. The van der Waals surface area contributed by atoms with Gasteiger partial charge in [-0.25, -0.2) is 4.79 Å². The van der Waals surface area contributed by atoms with Crippen LogP contribution in [0.5, 0.6) is 0 Å². The SMILES string of the molecule is CO[C@H]1C[C@@H]2CC[C@@H](C)[C@@](O)(O2)C(=O)C(=O)N2CCCC[C@H]2C(=O)O[C@H]([C@H](C)C[C@@H]2CC[C@@H](OC(=O)CNC(=O)CNC(=O)SS)[C@H](OC)C2)CC(=O)[C@H](C)/C=C(\C)[C@@H](O)[C@@H](OC)C(=O)[C@H](C)C[C@H](C)/C=C/C=CC=C1C. The average molecular weight is 1120 g/mol. The molecule has 3 amide bonds.